The van der Waals surface area contributed by atoms with Crippen molar-refractivity contribution in [2.45, 2.75) is 6.92 Å². The molecule has 1 aliphatic rings. The summed E-state index contributed by atoms with van der Waals surface area (Å²) in [4.78, 5) is 26.1. The summed E-state index contributed by atoms with van der Waals surface area (Å²) >= 11 is 1.49. The molecule has 1 saturated heterocycles. The van der Waals surface area contributed by atoms with E-state index < -0.39 is 0 Å². The van der Waals surface area contributed by atoms with E-state index in [1.165, 1.54) is 11.3 Å². The lowest BCUT2D eigenvalue weighted by atomic mass is 10.2. The predicted octanol–water partition coefficient (Wildman–Crippen LogP) is 3.99. The van der Waals surface area contributed by atoms with Gasteiger partial charge < -0.3 is 9.80 Å². The van der Waals surface area contributed by atoms with Crippen molar-refractivity contribution in [1.82, 2.24) is 14.9 Å². The summed E-state index contributed by atoms with van der Waals surface area (Å²) in [5, 5.41) is 8.29. The first-order chi connectivity index (χ1) is 14.2. The number of aromatic nitrogens is 2. The molecule has 2 N–H and O–H groups in total. The predicted molar refractivity (Wildman–Crippen MR) is 119 cm³/mol. The Morgan fingerprint density at radius 1 is 0.966 bits per heavy atom. The van der Waals surface area contributed by atoms with Gasteiger partial charge in [-0.1, -0.05) is 43.3 Å². The van der Waals surface area contributed by atoms with Crippen LogP contribution in [0.4, 0.5) is 22.2 Å². The zero-order valence-electron chi connectivity index (χ0n) is 16.3. The second kappa shape index (κ2) is 9.02. The van der Waals surface area contributed by atoms with Crippen molar-refractivity contribution in [3.63, 3.8) is 0 Å². The van der Waals surface area contributed by atoms with Crippen LogP contribution in [-0.4, -0.2) is 53.6 Å². The van der Waals surface area contributed by atoms with E-state index in [0.29, 0.717) is 11.6 Å². The number of carbonyl (C=O) groups excluding carboxylic acids is 1. The maximum absolute atomic E-state index is 12.4. The molecule has 0 radical (unpaired) electrons. The van der Waals surface area contributed by atoms with Gasteiger partial charge in [0.05, 0.1) is 0 Å². The van der Waals surface area contributed by atoms with Crippen LogP contribution in [-0.2, 0) is 0 Å². The smallest absolute Gasteiger partial charge is 0.326 e. The molecule has 3 heterocycles. The molecule has 0 bridgehead atoms. The monoisotopic (exact) mass is 408 g/mol. The van der Waals surface area contributed by atoms with Crippen LogP contribution < -0.4 is 15.5 Å². The molecule has 2 aromatic heterocycles. The molecule has 2 amide bonds. The van der Waals surface area contributed by atoms with E-state index in [-0.39, 0.29) is 6.03 Å². The molecular formula is C21H24N6OS. The van der Waals surface area contributed by atoms with E-state index in [4.69, 9.17) is 0 Å². The molecule has 0 aliphatic carbocycles. The number of carbonyl (C=O) groups is 1. The van der Waals surface area contributed by atoms with Crippen molar-refractivity contribution in [3.8, 4) is 10.6 Å². The van der Waals surface area contributed by atoms with Crippen LogP contribution in [0.25, 0.3) is 10.6 Å². The molecule has 7 nitrogen and oxygen atoms in total. The Bertz CT molecular complexity index is 953. The van der Waals surface area contributed by atoms with E-state index in [9.17, 15) is 4.79 Å². The highest BCUT2D eigenvalue weighted by atomic mass is 32.1. The SMILES string of the molecule is CCN1CCN(c2cccc(NC(=O)Nc3csc(-c4ccccc4)n3)n2)CC1. The molecule has 3 aromatic rings. The molecule has 29 heavy (non-hydrogen) atoms. The van der Waals surface area contributed by atoms with Crippen LogP contribution in [0.2, 0.25) is 0 Å². The average molecular weight is 409 g/mol. The van der Waals surface area contributed by atoms with Crippen LogP contribution in [0.1, 0.15) is 6.92 Å². The Morgan fingerprint density at radius 3 is 2.48 bits per heavy atom. The number of benzene rings is 1. The fourth-order valence-corrected chi connectivity index (χ4v) is 4.03. The summed E-state index contributed by atoms with van der Waals surface area (Å²) in [6.45, 7) is 7.21. The highest BCUT2D eigenvalue weighted by molar-refractivity contribution is 7.13. The lowest BCUT2D eigenvalue weighted by Crippen LogP contribution is -2.46. The summed E-state index contributed by atoms with van der Waals surface area (Å²) < 4.78 is 0. The molecule has 0 spiro atoms. The van der Waals surface area contributed by atoms with E-state index in [1.54, 1.807) is 6.07 Å². The molecule has 1 fully saturated rings. The van der Waals surface area contributed by atoms with Crippen molar-refractivity contribution < 1.29 is 4.79 Å². The number of nitrogens with one attached hydrogen (secondary N) is 2. The normalized spacial score (nSPS) is 14.6. The van der Waals surface area contributed by atoms with Gasteiger partial charge in [-0.2, -0.15) is 0 Å². The summed E-state index contributed by atoms with van der Waals surface area (Å²) in [5.74, 6) is 1.94. The summed E-state index contributed by atoms with van der Waals surface area (Å²) in [6, 6.07) is 15.2. The molecule has 150 valence electrons. The average Bonchev–Trinajstić information content (AvgIpc) is 3.23. The van der Waals surface area contributed by atoms with Gasteiger partial charge in [0.1, 0.15) is 22.5 Å². The Hall–Kier alpha value is -2.97. The summed E-state index contributed by atoms with van der Waals surface area (Å²) in [6.07, 6.45) is 0. The maximum atomic E-state index is 12.4. The molecule has 8 heteroatoms. The van der Waals surface area contributed by atoms with E-state index >= 15 is 0 Å². The Morgan fingerprint density at radius 2 is 1.72 bits per heavy atom. The van der Waals surface area contributed by atoms with Crippen LogP contribution in [0.5, 0.6) is 0 Å². The molecule has 0 saturated carbocycles. The first kappa shape index (κ1) is 19.4. The standard InChI is InChI=1S/C21H24N6OS/c1-2-26-11-13-27(14-12-26)19-10-6-9-17(22-19)24-21(28)25-18-15-29-20(23-18)16-7-4-3-5-8-16/h3-10,15H,2,11-14H2,1H3,(H2,22,24,25,28). The number of anilines is 3. The fraction of sp³-hybridized carbons (Fsp3) is 0.286. The van der Waals surface area contributed by atoms with E-state index in [1.807, 2.05) is 47.8 Å². The second-order valence-electron chi connectivity index (χ2n) is 6.79. The minimum Gasteiger partial charge on any atom is -0.354 e. The lowest BCUT2D eigenvalue weighted by Gasteiger charge is -2.34. The van der Waals surface area contributed by atoms with Gasteiger partial charge in [0.2, 0.25) is 0 Å². The third kappa shape index (κ3) is 4.90. The highest BCUT2D eigenvalue weighted by Gasteiger charge is 2.17. The molecule has 0 unspecified atom stereocenters. The molecule has 1 aliphatic heterocycles. The van der Waals surface area contributed by atoms with E-state index in [0.717, 1.165) is 49.1 Å². The van der Waals surface area contributed by atoms with Gasteiger partial charge in [-0.25, -0.2) is 14.8 Å². The van der Waals surface area contributed by atoms with Crippen LogP contribution in [0, 0.1) is 0 Å². The van der Waals surface area contributed by atoms with Crippen LogP contribution >= 0.6 is 11.3 Å². The molecular weight excluding hydrogens is 384 g/mol. The van der Waals surface area contributed by atoms with Gasteiger partial charge in [0, 0.05) is 37.1 Å². The number of pyridine rings is 1. The third-order valence-electron chi connectivity index (χ3n) is 4.89. The third-order valence-corrected chi connectivity index (χ3v) is 5.78. The number of rotatable bonds is 5. The number of hydrogen-bond donors (Lipinski definition) is 2. The van der Waals surface area contributed by atoms with Crippen molar-refractivity contribution in [2.75, 3.05) is 48.3 Å². The Balaban J connectivity index is 1.36. The topological polar surface area (TPSA) is 73.4 Å². The number of likely N-dealkylation sites (N-methyl/N-ethyl adjacent to an activating group) is 1. The van der Waals surface area contributed by atoms with Crippen molar-refractivity contribution in [2.24, 2.45) is 0 Å². The minimum atomic E-state index is -0.352. The molecule has 1 aromatic carbocycles. The first-order valence-corrected chi connectivity index (χ1v) is 10.6. The van der Waals surface area contributed by atoms with Gasteiger partial charge in [-0.05, 0) is 18.7 Å². The van der Waals surface area contributed by atoms with Gasteiger partial charge in [-0.3, -0.25) is 10.6 Å². The fourth-order valence-electron chi connectivity index (χ4n) is 3.27. The zero-order chi connectivity index (χ0) is 20.1. The second-order valence-corrected chi connectivity index (χ2v) is 7.64. The Kier molecular flexibility index (Phi) is 6.02. The van der Waals surface area contributed by atoms with Crippen molar-refractivity contribution >= 4 is 34.8 Å². The summed E-state index contributed by atoms with van der Waals surface area (Å²) in [7, 11) is 0. The van der Waals surface area contributed by atoms with Crippen molar-refractivity contribution in [3.05, 3.63) is 53.9 Å². The number of piperazine rings is 1. The van der Waals surface area contributed by atoms with Gasteiger partial charge in [0.15, 0.2) is 0 Å². The van der Waals surface area contributed by atoms with Crippen LogP contribution in [0.3, 0.4) is 0 Å². The number of urea groups is 1. The maximum Gasteiger partial charge on any atom is 0.326 e. The number of hydrogen-bond acceptors (Lipinski definition) is 6. The summed E-state index contributed by atoms with van der Waals surface area (Å²) in [5.41, 5.74) is 1.03. The van der Waals surface area contributed by atoms with Gasteiger partial charge in [0.25, 0.3) is 0 Å². The zero-order valence-corrected chi connectivity index (χ0v) is 17.2. The molecule has 0 atom stereocenters. The number of amides is 2. The number of nitrogens with zero attached hydrogens (tertiary/aromatic N) is 4. The largest absolute Gasteiger partial charge is 0.354 e. The van der Waals surface area contributed by atoms with Crippen molar-refractivity contribution in [1.29, 1.82) is 0 Å². The first-order valence-electron chi connectivity index (χ1n) is 9.74. The minimum absolute atomic E-state index is 0.352. The highest BCUT2D eigenvalue weighted by Crippen LogP contribution is 2.25. The lowest BCUT2D eigenvalue weighted by molar-refractivity contribution is 0.262. The number of thiazole rings is 1. The molecule has 4 rings (SSSR count). The van der Waals surface area contributed by atoms with Gasteiger partial charge >= 0.3 is 6.03 Å². The van der Waals surface area contributed by atoms with E-state index in [2.05, 4.69) is 37.3 Å². The Labute approximate surface area is 174 Å². The van der Waals surface area contributed by atoms with Gasteiger partial charge in [-0.15, -0.1) is 11.3 Å². The van der Waals surface area contributed by atoms with Crippen LogP contribution in [0.15, 0.2) is 53.9 Å². The quantitative estimate of drug-likeness (QED) is 0.668.